The number of rotatable bonds is 4. The van der Waals surface area contributed by atoms with Crippen LogP contribution in [0.25, 0.3) is 0 Å². The molecule has 0 aliphatic heterocycles. The van der Waals surface area contributed by atoms with Gasteiger partial charge in [-0.1, -0.05) is 36.8 Å². The van der Waals surface area contributed by atoms with Gasteiger partial charge in [-0.3, -0.25) is 0 Å². The molecule has 0 bridgehead atoms. The van der Waals surface area contributed by atoms with Gasteiger partial charge < -0.3 is 5.32 Å². The number of aryl methyl sites for hydroxylation is 1. The summed E-state index contributed by atoms with van der Waals surface area (Å²) in [6.45, 7) is 4.35. The summed E-state index contributed by atoms with van der Waals surface area (Å²) in [6, 6.07) is 11.3. The highest BCUT2D eigenvalue weighted by atomic mass is 32.1. The molecule has 2 nitrogen and oxygen atoms in total. The van der Waals surface area contributed by atoms with Crippen LogP contribution in [0.5, 0.6) is 0 Å². The highest BCUT2D eigenvalue weighted by molar-refractivity contribution is 7.12. The highest BCUT2D eigenvalue weighted by Gasteiger charge is 2.43. The molecule has 1 aliphatic carbocycles. The third-order valence-corrected chi connectivity index (χ3v) is 6.15. The fraction of sp³-hybridized carbons (Fsp3) is 0.471. The van der Waals surface area contributed by atoms with Crippen molar-refractivity contribution in [2.75, 3.05) is 7.05 Å². The molecule has 1 saturated carbocycles. The minimum atomic E-state index is 0.183. The first-order valence-corrected chi connectivity index (χ1v) is 8.19. The number of hydrogen-bond acceptors (Lipinski definition) is 3. The largest absolute Gasteiger partial charge is 0.312 e. The van der Waals surface area contributed by atoms with Crippen LogP contribution in [0.15, 0.2) is 30.3 Å². The first-order valence-electron chi connectivity index (χ1n) is 7.38. The molecule has 3 heteroatoms. The molecule has 1 fully saturated rings. The number of hydrogen-bond donors (Lipinski definition) is 1. The standard InChI is InChI=1S/C17H22N2S/c1-12(18-3)15-13(2)19-16(20-15)17(10-7-11-17)14-8-5-4-6-9-14/h4-6,8-9,12,18H,7,10-11H2,1-3H3. The number of benzene rings is 1. The second kappa shape index (κ2) is 5.30. The Morgan fingerprint density at radius 1 is 1.25 bits per heavy atom. The maximum atomic E-state index is 4.93. The van der Waals surface area contributed by atoms with E-state index in [2.05, 4.69) is 49.5 Å². The number of nitrogens with zero attached hydrogens (tertiary/aromatic N) is 1. The van der Waals surface area contributed by atoms with Crippen molar-refractivity contribution in [2.45, 2.75) is 44.6 Å². The molecule has 1 aliphatic rings. The summed E-state index contributed by atoms with van der Waals surface area (Å²) >= 11 is 1.90. The van der Waals surface area contributed by atoms with Crippen molar-refractivity contribution >= 4 is 11.3 Å². The normalized spacial score (nSPS) is 18.6. The van der Waals surface area contributed by atoms with E-state index in [4.69, 9.17) is 4.98 Å². The molecule has 1 aromatic carbocycles. The predicted molar refractivity (Wildman–Crippen MR) is 85.4 cm³/mol. The number of thiazole rings is 1. The van der Waals surface area contributed by atoms with Crippen LogP contribution in [0.2, 0.25) is 0 Å². The maximum absolute atomic E-state index is 4.93. The Hall–Kier alpha value is -1.19. The first kappa shape index (κ1) is 13.8. The summed E-state index contributed by atoms with van der Waals surface area (Å²) in [5.74, 6) is 0. The Bertz CT molecular complexity index is 584. The molecular weight excluding hydrogens is 264 g/mol. The molecule has 1 heterocycles. The van der Waals surface area contributed by atoms with E-state index in [1.807, 2.05) is 18.4 Å². The van der Waals surface area contributed by atoms with Gasteiger partial charge in [-0.15, -0.1) is 11.3 Å². The Kier molecular flexibility index (Phi) is 3.65. The van der Waals surface area contributed by atoms with Crippen molar-refractivity contribution in [1.82, 2.24) is 10.3 Å². The molecule has 1 aromatic heterocycles. The van der Waals surface area contributed by atoms with Crippen LogP contribution in [-0.4, -0.2) is 12.0 Å². The zero-order valence-corrected chi connectivity index (χ0v) is 13.3. The summed E-state index contributed by atoms with van der Waals surface area (Å²) in [5, 5.41) is 4.64. The predicted octanol–water partition coefficient (Wildman–Crippen LogP) is 4.20. The first-order chi connectivity index (χ1) is 9.67. The number of nitrogens with one attached hydrogen (secondary N) is 1. The average Bonchev–Trinajstić information content (AvgIpc) is 2.80. The van der Waals surface area contributed by atoms with E-state index >= 15 is 0 Å². The van der Waals surface area contributed by atoms with Gasteiger partial charge in [0, 0.05) is 16.3 Å². The second-order valence-electron chi connectivity index (χ2n) is 5.78. The van der Waals surface area contributed by atoms with Crippen molar-refractivity contribution in [2.24, 2.45) is 0 Å². The smallest absolute Gasteiger partial charge is 0.104 e. The van der Waals surface area contributed by atoms with E-state index in [1.54, 1.807) is 0 Å². The Balaban J connectivity index is 2.03. The lowest BCUT2D eigenvalue weighted by atomic mass is 9.65. The van der Waals surface area contributed by atoms with Gasteiger partial charge in [0.25, 0.3) is 0 Å². The molecule has 1 unspecified atom stereocenters. The van der Waals surface area contributed by atoms with Crippen LogP contribution in [0, 0.1) is 6.92 Å². The monoisotopic (exact) mass is 286 g/mol. The van der Waals surface area contributed by atoms with Crippen LogP contribution >= 0.6 is 11.3 Å². The third kappa shape index (κ3) is 2.09. The topological polar surface area (TPSA) is 24.9 Å². The molecule has 1 N–H and O–H groups in total. The van der Waals surface area contributed by atoms with Gasteiger partial charge >= 0.3 is 0 Å². The average molecular weight is 286 g/mol. The van der Waals surface area contributed by atoms with E-state index in [0.29, 0.717) is 6.04 Å². The Morgan fingerprint density at radius 2 is 1.95 bits per heavy atom. The van der Waals surface area contributed by atoms with Crippen LogP contribution in [0.4, 0.5) is 0 Å². The van der Waals surface area contributed by atoms with Crippen LogP contribution in [-0.2, 0) is 5.41 Å². The zero-order valence-electron chi connectivity index (χ0n) is 12.4. The lowest BCUT2D eigenvalue weighted by molar-refractivity contribution is 0.300. The Morgan fingerprint density at radius 3 is 2.50 bits per heavy atom. The molecule has 3 rings (SSSR count). The Labute approximate surface area is 125 Å². The van der Waals surface area contributed by atoms with Crippen LogP contribution in [0.1, 0.15) is 53.4 Å². The molecule has 106 valence electrons. The third-order valence-electron chi connectivity index (χ3n) is 4.60. The number of aromatic nitrogens is 1. The summed E-state index contributed by atoms with van der Waals surface area (Å²) in [4.78, 5) is 6.31. The van der Waals surface area contributed by atoms with E-state index in [-0.39, 0.29) is 5.41 Å². The molecule has 0 amide bonds. The van der Waals surface area contributed by atoms with Gasteiger partial charge in [-0.2, -0.15) is 0 Å². The van der Waals surface area contributed by atoms with Crippen molar-refractivity contribution in [1.29, 1.82) is 0 Å². The van der Waals surface area contributed by atoms with E-state index in [1.165, 1.54) is 40.4 Å². The fourth-order valence-electron chi connectivity index (χ4n) is 3.06. The van der Waals surface area contributed by atoms with Crippen LogP contribution in [0.3, 0.4) is 0 Å². The summed E-state index contributed by atoms with van der Waals surface area (Å²) < 4.78 is 0. The molecule has 0 saturated heterocycles. The second-order valence-corrected chi connectivity index (χ2v) is 6.81. The fourth-order valence-corrected chi connectivity index (χ4v) is 4.46. The van der Waals surface area contributed by atoms with Crippen LogP contribution < -0.4 is 5.32 Å². The minimum Gasteiger partial charge on any atom is -0.312 e. The molecule has 1 atom stereocenters. The van der Waals surface area contributed by atoms with E-state index in [9.17, 15) is 0 Å². The molecular formula is C17H22N2S. The van der Waals surface area contributed by atoms with Gasteiger partial charge in [0.2, 0.25) is 0 Å². The lowest BCUT2D eigenvalue weighted by Gasteiger charge is -2.40. The highest BCUT2D eigenvalue weighted by Crippen LogP contribution is 2.50. The van der Waals surface area contributed by atoms with E-state index < -0.39 is 0 Å². The van der Waals surface area contributed by atoms with Crippen molar-refractivity contribution < 1.29 is 0 Å². The van der Waals surface area contributed by atoms with E-state index in [0.717, 1.165) is 0 Å². The lowest BCUT2D eigenvalue weighted by Crippen LogP contribution is -2.35. The minimum absolute atomic E-state index is 0.183. The quantitative estimate of drug-likeness (QED) is 0.911. The van der Waals surface area contributed by atoms with Crippen molar-refractivity contribution in [3.63, 3.8) is 0 Å². The van der Waals surface area contributed by atoms with Gasteiger partial charge in [-0.25, -0.2) is 4.98 Å². The van der Waals surface area contributed by atoms with Gasteiger partial charge in [-0.05, 0) is 39.3 Å². The van der Waals surface area contributed by atoms with Crippen molar-refractivity contribution in [3.05, 3.63) is 51.5 Å². The van der Waals surface area contributed by atoms with Gasteiger partial charge in [0.1, 0.15) is 5.01 Å². The molecule has 0 spiro atoms. The van der Waals surface area contributed by atoms with Gasteiger partial charge in [0.15, 0.2) is 0 Å². The molecule has 2 aromatic rings. The SMILES string of the molecule is CNC(C)c1sc(C2(c3ccccc3)CCC2)nc1C. The summed E-state index contributed by atoms with van der Waals surface area (Å²) in [6.07, 6.45) is 3.78. The molecule has 0 radical (unpaired) electrons. The maximum Gasteiger partial charge on any atom is 0.104 e. The van der Waals surface area contributed by atoms with Crippen molar-refractivity contribution in [3.8, 4) is 0 Å². The molecule has 20 heavy (non-hydrogen) atoms. The van der Waals surface area contributed by atoms with Gasteiger partial charge in [0.05, 0.1) is 5.69 Å². The summed E-state index contributed by atoms with van der Waals surface area (Å²) in [5.41, 5.74) is 2.81. The summed E-state index contributed by atoms with van der Waals surface area (Å²) in [7, 11) is 2.01. The zero-order chi connectivity index (χ0) is 14.2.